The van der Waals surface area contributed by atoms with Crippen LogP contribution < -0.4 is 0 Å². The molecule has 1 aliphatic carbocycles. The molecule has 0 amide bonds. The molecule has 0 atom stereocenters. The highest BCUT2D eigenvalue weighted by molar-refractivity contribution is 5.89. The average molecular weight is 597 g/mol. The summed E-state index contributed by atoms with van der Waals surface area (Å²) < 4.78 is 0. The van der Waals surface area contributed by atoms with E-state index in [4.69, 9.17) is 0 Å². The second kappa shape index (κ2) is 11.4. The first kappa shape index (κ1) is 27.3. The number of benzene rings is 8. The van der Waals surface area contributed by atoms with Gasteiger partial charge in [-0.25, -0.2) is 0 Å². The molecular formula is C47H32. The Morgan fingerprint density at radius 3 is 1.30 bits per heavy atom. The highest BCUT2D eigenvalue weighted by Crippen LogP contribution is 2.48. The van der Waals surface area contributed by atoms with E-state index in [0.29, 0.717) is 0 Å². The Hall–Kier alpha value is -5.98. The van der Waals surface area contributed by atoms with Crippen LogP contribution in [0.4, 0.5) is 0 Å². The number of hydrogen-bond donors (Lipinski definition) is 0. The maximum Gasteiger partial charge on any atom is 0.0352 e. The van der Waals surface area contributed by atoms with E-state index in [1.165, 1.54) is 83.1 Å². The highest BCUT2D eigenvalue weighted by Gasteiger charge is 2.29. The summed E-state index contributed by atoms with van der Waals surface area (Å²) >= 11 is 0. The lowest BCUT2D eigenvalue weighted by Crippen LogP contribution is -1.98. The molecule has 47 heavy (non-hydrogen) atoms. The maximum absolute atomic E-state index is 2.33. The van der Waals surface area contributed by atoms with E-state index in [0.717, 1.165) is 0 Å². The molecule has 0 saturated heterocycles. The van der Waals surface area contributed by atoms with Crippen molar-refractivity contribution in [1.82, 2.24) is 0 Å². The van der Waals surface area contributed by atoms with Gasteiger partial charge in [-0.05, 0) is 107 Å². The zero-order valence-electron chi connectivity index (χ0n) is 26.0. The zero-order chi connectivity index (χ0) is 31.2. The van der Waals surface area contributed by atoms with Crippen molar-refractivity contribution in [2.75, 3.05) is 0 Å². The van der Waals surface area contributed by atoms with Crippen molar-refractivity contribution >= 4 is 10.8 Å². The van der Waals surface area contributed by atoms with Crippen LogP contribution in [0, 0.1) is 0 Å². The van der Waals surface area contributed by atoms with Gasteiger partial charge in [0.15, 0.2) is 0 Å². The van der Waals surface area contributed by atoms with Crippen LogP contribution in [0.5, 0.6) is 0 Å². The predicted octanol–water partition coefficient (Wildman–Crippen LogP) is 12.7. The fraction of sp³-hybridized carbons (Fsp3) is 0.0213. The molecule has 0 radical (unpaired) electrons. The van der Waals surface area contributed by atoms with Crippen molar-refractivity contribution in [3.05, 3.63) is 205 Å². The summed E-state index contributed by atoms with van der Waals surface area (Å²) in [6, 6.07) is 68.9. The quantitative estimate of drug-likeness (QED) is 0.185. The van der Waals surface area contributed by atoms with Gasteiger partial charge in [0, 0.05) is 5.92 Å². The second-order valence-corrected chi connectivity index (χ2v) is 12.5. The molecule has 8 aromatic carbocycles. The third-order valence-electron chi connectivity index (χ3n) is 9.75. The van der Waals surface area contributed by atoms with Crippen LogP contribution in [-0.2, 0) is 0 Å². The SMILES string of the molecule is c1ccc(-c2cc(-c3ccc(-c4ccc(C5c6ccccc6-c6ccccc65)cc4)cc3)cc(-c3ccc4ccccc4c3)c2)cc1. The third-order valence-corrected chi connectivity index (χ3v) is 9.75. The molecule has 0 heteroatoms. The highest BCUT2D eigenvalue weighted by atomic mass is 14.3. The third kappa shape index (κ3) is 4.96. The lowest BCUT2D eigenvalue weighted by molar-refractivity contribution is 1.02. The normalized spacial score (nSPS) is 12.2. The number of fused-ring (bicyclic) bond motifs is 4. The summed E-state index contributed by atoms with van der Waals surface area (Å²) in [4.78, 5) is 0. The van der Waals surface area contributed by atoms with Crippen LogP contribution in [-0.4, -0.2) is 0 Å². The van der Waals surface area contributed by atoms with E-state index in [1.807, 2.05) is 0 Å². The fourth-order valence-corrected chi connectivity index (χ4v) is 7.36. The van der Waals surface area contributed by atoms with Gasteiger partial charge in [0.05, 0.1) is 0 Å². The summed E-state index contributed by atoms with van der Waals surface area (Å²) in [6.45, 7) is 0. The van der Waals surface area contributed by atoms with E-state index in [9.17, 15) is 0 Å². The largest absolute Gasteiger partial charge is 0.0622 e. The molecule has 0 nitrogen and oxygen atoms in total. The van der Waals surface area contributed by atoms with Crippen LogP contribution in [0.2, 0.25) is 0 Å². The van der Waals surface area contributed by atoms with Crippen LogP contribution in [0.1, 0.15) is 22.6 Å². The monoisotopic (exact) mass is 596 g/mol. The number of hydrogen-bond acceptors (Lipinski definition) is 0. The molecule has 0 saturated carbocycles. The van der Waals surface area contributed by atoms with Gasteiger partial charge in [0.25, 0.3) is 0 Å². The minimum atomic E-state index is 0.271. The van der Waals surface area contributed by atoms with E-state index in [2.05, 4.69) is 188 Å². The Morgan fingerprint density at radius 1 is 0.255 bits per heavy atom. The van der Waals surface area contributed by atoms with Crippen LogP contribution >= 0.6 is 0 Å². The minimum absolute atomic E-state index is 0.271. The first-order valence-electron chi connectivity index (χ1n) is 16.4. The van der Waals surface area contributed by atoms with Crippen LogP contribution in [0.3, 0.4) is 0 Å². The van der Waals surface area contributed by atoms with Crippen molar-refractivity contribution < 1.29 is 0 Å². The molecule has 1 aliphatic rings. The lowest BCUT2D eigenvalue weighted by atomic mass is 9.88. The maximum atomic E-state index is 2.33. The Kier molecular flexibility index (Phi) is 6.65. The molecule has 0 spiro atoms. The first-order chi connectivity index (χ1) is 23.3. The van der Waals surface area contributed by atoms with Gasteiger partial charge in [-0.2, -0.15) is 0 Å². The van der Waals surface area contributed by atoms with Gasteiger partial charge in [-0.3, -0.25) is 0 Å². The van der Waals surface area contributed by atoms with Crippen LogP contribution in [0.25, 0.3) is 66.4 Å². The van der Waals surface area contributed by atoms with E-state index in [1.54, 1.807) is 0 Å². The minimum Gasteiger partial charge on any atom is -0.0622 e. The molecule has 0 unspecified atom stereocenters. The molecule has 8 aromatic rings. The van der Waals surface area contributed by atoms with Gasteiger partial charge >= 0.3 is 0 Å². The van der Waals surface area contributed by atoms with Gasteiger partial charge < -0.3 is 0 Å². The molecule has 0 fully saturated rings. The van der Waals surface area contributed by atoms with Gasteiger partial charge in [0.2, 0.25) is 0 Å². The summed E-state index contributed by atoms with van der Waals surface area (Å²) in [6.07, 6.45) is 0. The Balaban J connectivity index is 1.05. The van der Waals surface area contributed by atoms with Crippen LogP contribution in [0.15, 0.2) is 188 Å². The average Bonchev–Trinajstić information content (AvgIpc) is 3.49. The molecule has 0 aromatic heterocycles. The summed E-state index contributed by atoms with van der Waals surface area (Å²) in [5, 5.41) is 2.52. The van der Waals surface area contributed by atoms with Gasteiger partial charge in [0.1, 0.15) is 0 Å². The molecule has 0 heterocycles. The Morgan fingerprint density at radius 2 is 0.681 bits per heavy atom. The Labute approximate surface area is 276 Å². The van der Waals surface area contributed by atoms with Crippen molar-refractivity contribution in [2.45, 2.75) is 5.92 Å². The molecule has 0 aliphatic heterocycles. The lowest BCUT2D eigenvalue weighted by Gasteiger charge is -2.15. The van der Waals surface area contributed by atoms with Crippen molar-refractivity contribution in [1.29, 1.82) is 0 Å². The van der Waals surface area contributed by atoms with Crippen molar-refractivity contribution in [3.8, 4) is 55.6 Å². The second-order valence-electron chi connectivity index (χ2n) is 12.5. The predicted molar refractivity (Wildman–Crippen MR) is 199 cm³/mol. The van der Waals surface area contributed by atoms with Gasteiger partial charge in [-0.15, -0.1) is 0 Å². The van der Waals surface area contributed by atoms with Crippen molar-refractivity contribution in [2.24, 2.45) is 0 Å². The first-order valence-corrected chi connectivity index (χ1v) is 16.4. The Bertz CT molecular complexity index is 2330. The summed E-state index contributed by atoms with van der Waals surface area (Å²) in [5.41, 5.74) is 16.6. The number of rotatable bonds is 5. The fourth-order valence-electron chi connectivity index (χ4n) is 7.36. The zero-order valence-corrected chi connectivity index (χ0v) is 26.0. The van der Waals surface area contributed by atoms with E-state index in [-0.39, 0.29) is 5.92 Å². The molecule has 220 valence electrons. The van der Waals surface area contributed by atoms with Crippen molar-refractivity contribution in [3.63, 3.8) is 0 Å². The van der Waals surface area contributed by atoms with E-state index >= 15 is 0 Å². The summed E-state index contributed by atoms with van der Waals surface area (Å²) in [7, 11) is 0. The topological polar surface area (TPSA) is 0 Å². The smallest absolute Gasteiger partial charge is 0.0352 e. The molecule has 0 N–H and O–H groups in total. The molecular weight excluding hydrogens is 565 g/mol. The molecule has 9 rings (SSSR count). The molecule has 0 bridgehead atoms. The van der Waals surface area contributed by atoms with E-state index < -0.39 is 0 Å². The van der Waals surface area contributed by atoms with Gasteiger partial charge in [-0.1, -0.05) is 164 Å². The standard InChI is InChI=1S/C47H32/c1-2-10-32(11-3-1)40-29-41(31-42(30-40)39-27-24-33-12-4-5-13-38(33)28-39)36-20-18-34(19-21-36)35-22-25-37(26-23-35)47-45-16-8-6-14-43(45)44-15-7-9-17-46(44)47/h1-31,47H. The summed E-state index contributed by atoms with van der Waals surface area (Å²) in [5.74, 6) is 0.271.